The molecule has 0 bridgehead atoms. The van der Waals surface area contributed by atoms with Gasteiger partial charge in [0.15, 0.2) is 0 Å². The first-order valence-corrected chi connectivity index (χ1v) is 14.6. The summed E-state index contributed by atoms with van der Waals surface area (Å²) in [5.41, 5.74) is 22.5. The van der Waals surface area contributed by atoms with E-state index in [4.69, 9.17) is 21.4 Å². The number of hydrogen-bond acceptors (Lipinski definition) is 5. The van der Waals surface area contributed by atoms with E-state index in [9.17, 15) is 0 Å². The third-order valence-electron chi connectivity index (χ3n) is 9.33. The monoisotopic (exact) mass is 552 g/mol. The van der Waals surface area contributed by atoms with Gasteiger partial charge in [0.1, 0.15) is 5.82 Å². The maximum atomic E-state index is 6.58. The molecule has 1 atom stereocenters. The Labute approximate surface area is 243 Å². The second kappa shape index (κ2) is 11.0. The molecule has 2 fully saturated rings. The molecular formula is C33H40N6S. The van der Waals surface area contributed by atoms with Crippen molar-refractivity contribution >= 4 is 41.9 Å². The molecule has 2 heterocycles. The normalized spacial score (nSPS) is 19.3. The maximum Gasteiger partial charge on any atom is 0.106 e. The van der Waals surface area contributed by atoms with Crippen molar-refractivity contribution < 1.29 is 0 Å². The zero-order valence-corrected chi connectivity index (χ0v) is 24.1. The SMILES string of the molecule is NCC1(CCc2ncc(-c3ccc(-c4ccc5c(N)c(N=CC6CCCN6)ccc5c4)c4c3CCC4)[nH]2)CC1.S. The Morgan fingerprint density at radius 2 is 1.85 bits per heavy atom. The van der Waals surface area contributed by atoms with Crippen LogP contribution < -0.4 is 16.8 Å². The van der Waals surface area contributed by atoms with Gasteiger partial charge in [0.05, 0.1) is 23.3 Å². The summed E-state index contributed by atoms with van der Waals surface area (Å²) in [5, 5.41) is 5.68. The van der Waals surface area contributed by atoms with Gasteiger partial charge in [-0.25, -0.2) is 4.98 Å². The Morgan fingerprint density at radius 1 is 1.02 bits per heavy atom. The van der Waals surface area contributed by atoms with Gasteiger partial charge in [0.25, 0.3) is 0 Å². The average molecular weight is 553 g/mol. The van der Waals surface area contributed by atoms with Crippen molar-refractivity contribution in [1.29, 1.82) is 0 Å². The lowest BCUT2D eigenvalue weighted by Crippen LogP contribution is -2.22. The maximum absolute atomic E-state index is 6.58. The van der Waals surface area contributed by atoms with Crippen molar-refractivity contribution in [3.05, 3.63) is 65.6 Å². The van der Waals surface area contributed by atoms with Crippen LogP contribution in [0.3, 0.4) is 0 Å². The van der Waals surface area contributed by atoms with Crippen molar-refractivity contribution in [2.24, 2.45) is 16.1 Å². The van der Waals surface area contributed by atoms with Crippen LogP contribution in [0.4, 0.5) is 11.4 Å². The molecule has 1 unspecified atom stereocenters. The summed E-state index contributed by atoms with van der Waals surface area (Å²) in [6.07, 6.45) is 14.4. The number of aromatic nitrogens is 2. The number of imidazole rings is 1. The summed E-state index contributed by atoms with van der Waals surface area (Å²) in [4.78, 5) is 13.1. The third-order valence-corrected chi connectivity index (χ3v) is 9.33. The summed E-state index contributed by atoms with van der Waals surface area (Å²) in [6.45, 7) is 1.86. The number of nitrogen functional groups attached to an aromatic ring is 1. The quantitative estimate of drug-likeness (QED) is 0.154. The number of benzene rings is 3. The molecule has 1 aromatic heterocycles. The van der Waals surface area contributed by atoms with Crippen LogP contribution >= 0.6 is 13.5 Å². The number of fused-ring (bicyclic) bond motifs is 2. The van der Waals surface area contributed by atoms with E-state index in [0.717, 1.165) is 78.9 Å². The molecule has 4 aromatic rings. The van der Waals surface area contributed by atoms with Crippen molar-refractivity contribution in [3.63, 3.8) is 0 Å². The molecule has 7 heteroatoms. The lowest BCUT2D eigenvalue weighted by atomic mass is 9.91. The minimum atomic E-state index is 0. The second-order valence-electron chi connectivity index (χ2n) is 11.8. The van der Waals surface area contributed by atoms with Crippen molar-refractivity contribution in [3.8, 4) is 22.4 Å². The number of rotatable bonds is 8. The number of aromatic amines is 1. The molecule has 0 radical (unpaired) electrons. The van der Waals surface area contributed by atoms with Crippen LogP contribution in [-0.4, -0.2) is 35.3 Å². The van der Waals surface area contributed by atoms with Crippen LogP contribution in [0.15, 0.2) is 53.7 Å². The first kappa shape index (κ1) is 27.1. The van der Waals surface area contributed by atoms with Gasteiger partial charge in [-0.3, -0.25) is 4.99 Å². The van der Waals surface area contributed by atoms with Gasteiger partial charge in [0, 0.05) is 29.6 Å². The Hall–Kier alpha value is -3.13. The van der Waals surface area contributed by atoms with E-state index in [1.165, 1.54) is 53.5 Å². The topological polar surface area (TPSA) is 105 Å². The smallest absolute Gasteiger partial charge is 0.106 e. The summed E-state index contributed by atoms with van der Waals surface area (Å²) >= 11 is 0. The molecule has 2 aliphatic carbocycles. The molecule has 1 saturated carbocycles. The molecule has 6 N–H and O–H groups in total. The molecular weight excluding hydrogens is 512 g/mol. The van der Waals surface area contributed by atoms with Gasteiger partial charge in [-0.15, -0.1) is 0 Å². The predicted molar refractivity (Wildman–Crippen MR) is 172 cm³/mol. The highest BCUT2D eigenvalue weighted by Gasteiger charge is 2.40. The zero-order valence-electron chi connectivity index (χ0n) is 23.1. The van der Waals surface area contributed by atoms with E-state index in [1.54, 1.807) is 0 Å². The van der Waals surface area contributed by atoms with Crippen LogP contribution in [0.2, 0.25) is 0 Å². The molecule has 3 aromatic carbocycles. The molecule has 0 amide bonds. The molecule has 40 heavy (non-hydrogen) atoms. The molecule has 6 nitrogen and oxygen atoms in total. The van der Waals surface area contributed by atoms with E-state index in [0.29, 0.717) is 11.5 Å². The van der Waals surface area contributed by atoms with Gasteiger partial charge >= 0.3 is 0 Å². The molecule has 208 valence electrons. The Morgan fingerprint density at radius 3 is 2.62 bits per heavy atom. The van der Waals surface area contributed by atoms with Crippen molar-refractivity contribution in [2.75, 3.05) is 18.8 Å². The van der Waals surface area contributed by atoms with Gasteiger partial charge in [-0.1, -0.05) is 30.3 Å². The fourth-order valence-electron chi connectivity index (χ4n) is 6.60. The van der Waals surface area contributed by atoms with Crippen LogP contribution in [0.1, 0.15) is 55.5 Å². The lowest BCUT2D eigenvalue weighted by Gasteiger charge is -2.14. The largest absolute Gasteiger partial charge is 0.396 e. The van der Waals surface area contributed by atoms with Gasteiger partial charge in [-0.2, -0.15) is 13.5 Å². The van der Waals surface area contributed by atoms with Crippen LogP contribution in [0.25, 0.3) is 33.2 Å². The Kier molecular flexibility index (Phi) is 7.46. The first-order chi connectivity index (χ1) is 19.1. The number of aryl methyl sites for hydroxylation is 1. The van der Waals surface area contributed by atoms with Gasteiger partial charge in [0.2, 0.25) is 0 Å². The van der Waals surface area contributed by atoms with Crippen molar-refractivity contribution in [1.82, 2.24) is 15.3 Å². The molecule has 0 spiro atoms. The zero-order chi connectivity index (χ0) is 26.4. The van der Waals surface area contributed by atoms with E-state index < -0.39 is 0 Å². The number of hydrogen-bond donors (Lipinski definition) is 4. The van der Waals surface area contributed by atoms with E-state index >= 15 is 0 Å². The third kappa shape index (κ3) is 5.06. The van der Waals surface area contributed by atoms with Crippen LogP contribution in [0.5, 0.6) is 0 Å². The van der Waals surface area contributed by atoms with E-state index in [1.807, 2.05) is 12.4 Å². The number of nitrogens with two attached hydrogens (primary N) is 2. The van der Waals surface area contributed by atoms with Crippen LogP contribution in [-0.2, 0) is 19.3 Å². The lowest BCUT2D eigenvalue weighted by molar-refractivity contribution is 0.473. The number of aliphatic imine (C=N–C) groups is 1. The fraction of sp³-hybridized carbons (Fsp3) is 0.394. The Bertz CT molecular complexity index is 1560. The summed E-state index contributed by atoms with van der Waals surface area (Å²) in [6, 6.07) is 15.8. The standard InChI is InChI=1S/C33H38N6.H2S/c34-20-33(14-15-33)13-12-31-38-19-30(39-31)28-10-9-24(26-4-1-5-27(26)28)21-6-8-25-22(17-21)7-11-29(32(25)35)37-18-23-3-2-16-36-23;/h6-11,17-19,23,36H,1-5,12-16,20,34-35H2,(H,38,39);1H2. The van der Waals surface area contributed by atoms with E-state index in [-0.39, 0.29) is 13.5 Å². The molecule has 7 rings (SSSR count). The first-order valence-electron chi connectivity index (χ1n) is 14.6. The average Bonchev–Trinajstić information content (AvgIpc) is 3.38. The number of anilines is 1. The summed E-state index contributed by atoms with van der Waals surface area (Å²) in [7, 11) is 0. The highest BCUT2D eigenvalue weighted by molar-refractivity contribution is 7.59. The highest BCUT2D eigenvalue weighted by Crippen LogP contribution is 2.48. The van der Waals surface area contributed by atoms with Gasteiger partial charge < -0.3 is 21.8 Å². The number of nitrogens with zero attached hydrogens (tertiary/aromatic N) is 2. The van der Waals surface area contributed by atoms with Crippen molar-refractivity contribution in [2.45, 2.75) is 63.8 Å². The highest BCUT2D eigenvalue weighted by atomic mass is 32.1. The molecule has 1 aliphatic heterocycles. The Balaban J connectivity index is 0.00000289. The van der Waals surface area contributed by atoms with Crippen LogP contribution in [0, 0.1) is 5.41 Å². The number of H-pyrrole nitrogens is 1. The summed E-state index contributed by atoms with van der Waals surface area (Å²) < 4.78 is 0. The predicted octanol–water partition coefficient (Wildman–Crippen LogP) is 6.21. The minimum absolute atomic E-state index is 0. The molecule has 1 saturated heterocycles. The van der Waals surface area contributed by atoms with E-state index in [2.05, 4.69) is 52.8 Å². The molecule has 3 aliphatic rings. The fourth-order valence-corrected chi connectivity index (χ4v) is 6.60. The minimum Gasteiger partial charge on any atom is -0.396 e. The second-order valence-corrected chi connectivity index (χ2v) is 11.8. The number of nitrogens with one attached hydrogen (secondary N) is 2. The van der Waals surface area contributed by atoms with Gasteiger partial charge in [-0.05, 0) is 110 Å². The summed E-state index contributed by atoms with van der Waals surface area (Å²) in [5.74, 6) is 1.08.